The number of amides is 1. The highest BCUT2D eigenvalue weighted by Gasteiger charge is 2.40. The number of ether oxygens (including phenoxy) is 1. The van der Waals surface area contributed by atoms with Crippen molar-refractivity contribution in [3.8, 4) is 5.75 Å². The van der Waals surface area contributed by atoms with E-state index in [9.17, 15) is 40.7 Å². The first-order chi connectivity index (χ1) is 25.5. The predicted octanol–water partition coefficient (Wildman–Crippen LogP) is 8.59. The standard InChI is InChI=1S/C37H30ClF7N2O6S/c1-2-53-28-13-24(37(49)50)12-27(40)35(28)47(15-18-9-22(19-3-4-19)11-23(10-18)20-5-6-20)29(48)17-46(16-21-7-8-25(39)14-26(21)38)54(51,52)36-33(44)31(42)30(41)32(43)34(36)45/h7-14,19-20H,2-6,15-17H2,1H3,(H,49,50). The van der Waals surface area contributed by atoms with E-state index in [1.54, 1.807) is 12.1 Å². The molecule has 17 heteroatoms. The maximum absolute atomic E-state index is 16.1. The molecule has 286 valence electrons. The highest BCUT2D eigenvalue weighted by Crippen LogP contribution is 2.46. The van der Waals surface area contributed by atoms with Gasteiger partial charge in [0.05, 0.1) is 25.3 Å². The summed E-state index contributed by atoms with van der Waals surface area (Å²) < 4.78 is 136. The van der Waals surface area contributed by atoms with E-state index in [-0.39, 0.29) is 28.3 Å². The molecule has 0 aromatic heterocycles. The zero-order valence-electron chi connectivity index (χ0n) is 28.2. The molecule has 0 spiro atoms. The molecule has 6 rings (SSSR count). The Bertz CT molecular complexity index is 2230. The molecule has 2 aliphatic rings. The fraction of sp³-hybridized carbons (Fsp3) is 0.297. The van der Waals surface area contributed by atoms with Crippen molar-refractivity contribution in [3.63, 3.8) is 0 Å². The molecule has 0 unspecified atom stereocenters. The van der Waals surface area contributed by atoms with Crippen LogP contribution in [0.5, 0.6) is 5.75 Å². The topological polar surface area (TPSA) is 104 Å². The Morgan fingerprint density at radius 3 is 1.91 bits per heavy atom. The van der Waals surface area contributed by atoms with Crippen LogP contribution < -0.4 is 9.64 Å². The van der Waals surface area contributed by atoms with Crippen LogP contribution in [0.3, 0.4) is 0 Å². The molecule has 4 aromatic carbocycles. The summed E-state index contributed by atoms with van der Waals surface area (Å²) in [4.78, 5) is 24.8. The Balaban J connectivity index is 1.51. The van der Waals surface area contributed by atoms with Gasteiger partial charge in [-0.2, -0.15) is 4.31 Å². The summed E-state index contributed by atoms with van der Waals surface area (Å²) in [5.74, 6) is -18.2. The number of carbonyl (C=O) groups is 2. The molecule has 0 radical (unpaired) electrons. The van der Waals surface area contributed by atoms with E-state index < -0.39 is 109 Å². The highest BCUT2D eigenvalue weighted by atomic mass is 35.5. The lowest BCUT2D eigenvalue weighted by molar-refractivity contribution is -0.119. The Morgan fingerprint density at radius 1 is 0.815 bits per heavy atom. The second-order valence-electron chi connectivity index (χ2n) is 13.0. The lowest BCUT2D eigenvalue weighted by Gasteiger charge is -2.29. The van der Waals surface area contributed by atoms with Gasteiger partial charge in [0.2, 0.25) is 21.7 Å². The van der Waals surface area contributed by atoms with Crippen molar-refractivity contribution in [2.24, 2.45) is 0 Å². The first-order valence-corrected chi connectivity index (χ1v) is 18.4. The van der Waals surface area contributed by atoms with Crippen LogP contribution in [0.4, 0.5) is 36.4 Å². The summed E-state index contributed by atoms with van der Waals surface area (Å²) in [6.45, 7) is -1.62. The average Bonchev–Trinajstić information content (AvgIpc) is 4.04. The zero-order chi connectivity index (χ0) is 39.2. The molecule has 54 heavy (non-hydrogen) atoms. The summed E-state index contributed by atoms with van der Waals surface area (Å²) in [5.41, 5.74) is 0.952. The van der Waals surface area contributed by atoms with Gasteiger partial charge in [0.15, 0.2) is 34.0 Å². The Hall–Kier alpha value is -4.67. The van der Waals surface area contributed by atoms with Gasteiger partial charge >= 0.3 is 5.97 Å². The van der Waals surface area contributed by atoms with Gasteiger partial charge < -0.3 is 14.7 Å². The first kappa shape index (κ1) is 39.0. The van der Waals surface area contributed by atoms with E-state index >= 15 is 13.2 Å². The largest absolute Gasteiger partial charge is 0.492 e. The number of carboxylic acids is 1. The van der Waals surface area contributed by atoms with Crippen LogP contribution >= 0.6 is 11.6 Å². The molecule has 8 nitrogen and oxygen atoms in total. The minimum atomic E-state index is -5.87. The quantitative estimate of drug-likeness (QED) is 0.0779. The third-order valence-corrected chi connectivity index (χ3v) is 11.2. The van der Waals surface area contributed by atoms with Crippen molar-refractivity contribution in [2.75, 3.05) is 18.1 Å². The summed E-state index contributed by atoms with van der Waals surface area (Å²) in [7, 11) is -5.87. The first-order valence-electron chi connectivity index (χ1n) is 16.6. The van der Waals surface area contributed by atoms with E-state index in [0.29, 0.717) is 11.6 Å². The van der Waals surface area contributed by atoms with Crippen LogP contribution in [0.1, 0.15) is 77.1 Å². The van der Waals surface area contributed by atoms with E-state index in [1.165, 1.54) is 6.92 Å². The third kappa shape index (κ3) is 7.91. The SMILES string of the molecule is CCOc1cc(C(=O)O)cc(F)c1N(Cc1cc(C2CC2)cc(C2CC2)c1)C(=O)CN(Cc1ccc(F)cc1Cl)S(=O)(=O)c1c(F)c(F)c(F)c(F)c1F. The smallest absolute Gasteiger partial charge is 0.335 e. The number of rotatable bonds is 14. The van der Waals surface area contributed by atoms with Gasteiger partial charge in [-0.3, -0.25) is 4.79 Å². The number of anilines is 1. The third-order valence-electron chi connectivity index (χ3n) is 9.06. The molecule has 0 heterocycles. The lowest BCUT2D eigenvalue weighted by atomic mass is 9.99. The molecule has 0 saturated heterocycles. The number of benzene rings is 4. The van der Waals surface area contributed by atoms with Crippen molar-refractivity contribution in [1.82, 2.24) is 4.31 Å². The van der Waals surface area contributed by atoms with Crippen molar-refractivity contribution in [2.45, 2.75) is 62.4 Å². The fourth-order valence-electron chi connectivity index (χ4n) is 6.08. The molecular weight excluding hydrogens is 769 g/mol. The van der Waals surface area contributed by atoms with Gasteiger partial charge in [-0.1, -0.05) is 35.9 Å². The number of halogens is 8. The zero-order valence-corrected chi connectivity index (χ0v) is 29.8. The monoisotopic (exact) mass is 798 g/mol. The molecule has 0 bridgehead atoms. The maximum atomic E-state index is 16.1. The predicted molar refractivity (Wildman–Crippen MR) is 181 cm³/mol. The van der Waals surface area contributed by atoms with Crippen molar-refractivity contribution >= 4 is 39.2 Å². The lowest BCUT2D eigenvalue weighted by Crippen LogP contribution is -2.43. The molecule has 2 saturated carbocycles. The molecule has 0 aliphatic heterocycles. The van der Waals surface area contributed by atoms with Gasteiger partial charge in [0.1, 0.15) is 17.3 Å². The van der Waals surface area contributed by atoms with Crippen LogP contribution in [-0.2, 0) is 27.9 Å². The Morgan fingerprint density at radius 2 is 1.39 bits per heavy atom. The number of carbonyl (C=O) groups excluding carboxylic acids is 1. The molecule has 1 N–H and O–H groups in total. The van der Waals surface area contributed by atoms with Crippen molar-refractivity contribution in [1.29, 1.82) is 0 Å². The van der Waals surface area contributed by atoms with Crippen molar-refractivity contribution in [3.05, 3.63) is 122 Å². The van der Waals surface area contributed by atoms with Gasteiger partial charge in [0.25, 0.3) is 0 Å². The summed E-state index contributed by atoms with van der Waals surface area (Å²) in [5, 5.41) is 9.18. The minimum absolute atomic E-state index is 0.0554. The molecular formula is C37H30ClF7N2O6S. The Kier molecular flexibility index (Phi) is 11.0. The van der Waals surface area contributed by atoms with Crippen LogP contribution in [-0.4, -0.2) is 42.9 Å². The Labute approximate surface area is 309 Å². The van der Waals surface area contributed by atoms with E-state index in [4.69, 9.17) is 16.3 Å². The number of hydrogen-bond acceptors (Lipinski definition) is 5. The minimum Gasteiger partial charge on any atom is -0.492 e. The van der Waals surface area contributed by atoms with Crippen molar-refractivity contribution < 1.29 is 58.6 Å². The van der Waals surface area contributed by atoms with Crippen LogP contribution in [0.2, 0.25) is 5.02 Å². The molecule has 2 aliphatic carbocycles. The van der Waals surface area contributed by atoms with Crippen LogP contribution in [0.25, 0.3) is 0 Å². The fourth-order valence-corrected chi connectivity index (χ4v) is 7.79. The average molecular weight is 799 g/mol. The number of hydrogen-bond donors (Lipinski definition) is 1. The number of sulfonamides is 1. The molecule has 0 atom stereocenters. The molecule has 1 amide bonds. The van der Waals surface area contributed by atoms with E-state index in [2.05, 4.69) is 0 Å². The van der Waals surface area contributed by atoms with Crippen LogP contribution in [0.15, 0.2) is 53.4 Å². The number of carboxylic acid groups (broad SMARTS) is 1. The number of nitrogens with zero attached hydrogens (tertiary/aromatic N) is 2. The normalized spacial score (nSPS) is 14.4. The summed E-state index contributed by atoms with van der Waals surface area (Å²) >= 11 is 6.12. The molecule has 4 aromatic rings. The summed E-state index contributed by atoms with van der Waals surface area (Å²) in [6.07, 6.45) is 3.64. The van der Waals surface area contributed by atoms with Crippen LogP contribution in [0, 0.1) is 40.7 Å². The van der Waals surface area contributed by atoms with E-state index in [0.717, 1.165) is 66.0 Å². The maximum Gasteiger partial charge on any atom is 0.335 e. The number of aromatic carboxylic acids is 1. The highest BCUT2D eigenvalue weighted by molar-refractivity contribution is 7.89. The van der Waals surface area contributed by atoms with Gasteiger partial charge in [-0.25, -0.2) is 43.9 Å². The van der Waals surface area contributed by atoms with Gasteiger partial charge in [0, 0.05) is 11.6 Å². The van der Waals surface area contributed by atoms with Gasteiger partial charge in [-0.15, -0.1) is 0 Å². The van der Waals surface area contributed by atoms with Gasteiger partial charge in [-0.05, 0) is 91.0 Å². The second-order valence-corrected chi connectivity index (χ2v) is 15.3. The van der Waals surface area contributed by atoms with E-state index in [1.807, 2.05) is 6.07 Å². The summed E-state index contributed by atoms with van der Waals surface area (Å²) in [6, 6.07) is 9.75. The second kappa shape index (κ2) is 15.2. The molecule has 2 fully saturated rings.